The van der Waals surface area contributed by atoms with Crippen LogP contribution in [0.1, 0.15) is 12.5 Å². The molecule has 2 N–H and O–H groups in total. The minimum atomic E-state index is -3.58. The molecule has 1 atom stereocenters. The Hall–Kier alpha value is -1.97. The normalized spacial score (nSPS) is 14.8. The van der Waals surface area contributed by atoms with Gasteiger partial charge in [0.25, 0.3) is 10.1 Å². The van der Waals surface area contributed by atoms with Crippen LogP contribution in [-0.4, -0.2) is 43.1 Å². The summed E-state index contributed by atoms with van der Waals surface area (Å²) in [6, 6.07) is 12.7. The second-order valence-corrected chi connectivity index (χ2v) is 10.3. The number of aryl methyl sites for hydroxylation is 1. The van der Waals surface area contributed by atoms with E-state index in [1.165, 1.54) is 31.9 Å². The van der Waals surface area contributed by atoms with Crippen LogP contribution in [0.15, 0.2) is 41.8 Å². The van der Waals surface area contributed by atoms with Crippen molar-refractivity contribution in [3.8, 4) is 0 Å². The highest BCUT2D eigenvalue weighted by Crippen LogP contribution is 2.37. The van der Waals surface area contributed by atoms with Crippen molar-refractivity contribution in [2.75, 3.05) is 19.5 Å². The molecule has 4 rings (SSSR count). The van der Waals surface area contributed by atoms with Crippen molar-refractivity contribution < 1.29 is 17.7 Å². The van der Waals surface area contributed by atoms with Gasteiger partial charge in [0.15, 0.2) is 0 Å². The number of nitrogens with one attached hydrogen (secondary N) is 1. The Morgan fingerprint density at radius 3 is 2.69 bits per heavy atom. The smallest absolute Gasteiger partial charge is 0.264 e. The van der Waals surface area contributed by atoms with E-state index in [1.54, 1.807) is 18.3 Å². The zero-order valence-electron chi connectivity index (χ0n) is 16.6. The molecule has 4 aromatic rings. The number of aromatic nitrogens is 1. The number of hydrogen-bond donors (Lipinski definition) is 2. The van der Waals surface area contributed by atoms with Crippen molar-refractivity contribution in [3.05, 3.63) is 47.3 Å². The summed E-state index contributed by atoms with van der Waals surface area (Å²) in [4.78, 5) is 0. The molecule has 2 heterocycles. The lowest BCUT2D eigenvalue weighted by Gasteiger charge is -2.28. The fourth-order valence-corrected chi connectivity index (χ4v) is 5.10. The Bertz CT molecular complexity index is 1310. The molecule has 154 valence electrons. The molecule has 0 saturated carbocycles. The zero-order valence-corrected chi connectivity index (χ0v) is 18.2. The van der Waals surface area contributed by atoms with Crippen LogP contribution in [0.2, 0.25) is 0 Å². The number of fused-ring (bicyclic) bond motifs is 5. The molecule has 2 aromatic carbocycles. The summed E-state index contributed by atoms with van der Waals surface area (Å²) >= 11 is 1.68. The minimum absolute atomic E-state index is 0.133. The number of rotatable bonds is 7. The Balaban J connectivity index is 1.75. The summed E-state index contributed by atoms with van der Waals surface area (Å²) in [5, 5.41) is 18.8. The maximum atomic E-state index is 11.3. The number of hydrogen-bond acceptors (Lipinski definition) is 6. The summed E-state index contributed by atoms with van der Waals surface area (Å²) in [5.74, 6) is 0. The second kappa shape index (κ2) is 7.37. The van der Waals surface area contributed by atoms with Gasteiger partial charge in [0, 0.05) is 40.0 Å². The molecular formula is C21H24N2O4S2. The van der Waals surface area contributed by atoms with Crippen molar-refractivity contribution in [1.82, 2.24) is 9.88 Å². The summed E-state index contributed by atoms with van der Waals surface area (Å²) in [7, 11) is -1.49. The Kier molecular flexibility index (Phi) is 5.16. The first-order valence-electron chi connectivity index (χ1n) is 9.29. The Morgan fingerprint density at radius 2 is 1.97 bits per heavy atom. The van der Waals surface area contributed by atoms with E-state index in [2.05, 4.69) is 46.6 Å². The van der Waals surface area contributed by atoms with Gasteiger partial charge < -0.3 is 15.0 Å². The van der Waals surface area contributed by atoms with Crippen molar-refractivity contribution >= 4 is 53.3 Å². The van der Waals surface area contributed by atoms with Crippen molar-refractivity contribution in [3.63, 3.8) is 0 Å². The number of nitrogens with zero attached hydrogens (tertiary/aromatic N) is 1. The van der Waals surface area contributed by atoms with E-state index < -0.39 is 15.7 Å². The molecule has 0 bridgehead atoms. The van der Waals surface area contributed by atoms with Gasteiger partial charge >= 0.3 is 0 Å². The number of para-hydroxylation sites is 1. The van der Waals surface area contributed by atoms with Crippen LogP contribution >= 0.6 is 11.3 Å². The van der Waals surface area contributed by atoms with Gasteiger partial charge in [-0.3, -0.25) is 4.18 Å². The molecule has 0 amide bonds. The van der Waals surface area contributed by atoms with Crippen LogP contribution in [0.4, 0.5) is 0 Å². The molecule has 0 spiro atoms. The van der Waals surface area contributed by atoms with Crippen molar-refractivity contribution in [2.24, 2.45) is 7.05 Å². The highest BCUT2D eigenvalue weighted by molar-refractivity contribution is 7.85. The summed E-state index contributed by atoms with van der Waals surface area (Å²) < 4.78 is 31.0. The largest absolute Gasteiger partial charge is 0.394 e. The van der Waals surface area contributed by atoms with Crippen LogP contribution in [-0.2, 0) is 27.9 Å². The van der Waals surface area contributed by atoms with E-state index in [0.29, 0.717) is 6.54 Å². The molecule has 0 fully saturated rings. The van der Waals surface area contributed by atoms with Crippen LogP contribution < -0.4 is 5.32 Å². The average Bonchev–Trinajstić information content (AvgIpc) is 3.28. The maximum Gasteiger partial charge on any atom is 0.264 e. The highest BCUT2D eigenvalue weighted by atomic mass is 32.2. The Morgan fingerprint density at radius 1 is 1.21 bits per heavy atom. The third-order valence-corrected chi connectivity index (χ3v) is 6.86. The first-order chi connectivity index (χ1) is 13.7. The SMILES string of the molecule is Cn1c2ccccc2c2cc(CNC(C)(CO)COS(C)(=O)=O)c3sccc3c21. The molecule has 0 aliphatic carbocycles. The van der Waals surface area contributed by atoms with Crippen LogP contribution in [0.25, 0.3) is 31.9 Å². The number of thiophene rings is 1. The van der Waals surface area contributed by atoms with Gasteiger partial charge in [0.1, 0.15) is 0 Å². The van der Waals surface area contributed by atoms with E-state index >= 15 is 0 Å². The molecule has 6 nitrogen and oxygen atoms in total. The predicted molar refractivity (Wildman–Crippen MR) is 119 cm³/mol. The van der Waals surface area contributed by atoms with Crippen LogP contribution in [0, 0.1) is 0 Å². The topological polar surface area (TPSA) is 80.6 Å². The summed E-state index contributed by atoms with van der Waals surface area (Å²) in [6.07, 6.45) is 1.01. The van der Waals surface area contributed by atoms with Gasteiger partial charge in [0.2, 0.25) is 0 Å². The van der Waals surface area contributed by atoms with Gasteiger partial charge in [-0.05, 0) is 36.1 Å². The van der Waals surface area contributed by atoms with Crippen molar-refractivity contribution in [2.45, 2.75) is 19.0 Å². The van der Waals surface area contributed by atoms with Crippen molar-refractivity contribution in [1.29, 1.82) is 0 Å². The lowest BCUT2D eigenvalue weighted by Crippen LogP contribution is -2.49. The fourth-order valence-electron chi connectivity index (χ4n) is 3.71. The fraction of sp³-hybridized carbons (Fsp3) is 0.333. The first kappa shape index (κ1) is 20.3. The quantitative estimate of drug-likeness (QED) is 0.438. The second-order valence-electron chi connectivity index (χ2n) is 7.71. The van der Waals surface area contributed by atoms with Crippen LogP contribution in [0.5, 0.6) is 0 Å². The summed E-state index contributed by atoms with van der Waals surface area (Å²) in [6.45, 7) is 1.86. The third kappa shape index (κ3) is 3.78. The van der Waals surface area contributed by atoms with E-state index in [-0.39, 0.29) is 13.2 Å². The van der Waals surface area contributed by atoms with Gasteiger partial charge in [-0.25, -0.2) is 0 Å². The first-order valence-corrected chi connectivity index (χ1v) is 12.0. The molecule has 0 aliphatic rings. The van der Waals surface area contributed by atoms with Gasteiger partial charge in [0.05, 0.1) is 30.5 Å². The van der Waals surface area contributed by atoms with E-state index in [4.69, 9.17) is 4.18 Å². The predicted octanol–water partition coefficient (Wildman–Crippen LogP) is 3.36. The molecule has 0 radical (unpaired) electrons. The number of aliphatic hydroxyl groups is 1. The zero-order chi connectivity index (χ0) is 20.8. The van der Waals surface area contributed by atoms with Gasteiger partial charge in [-0.1, -0.05) is 18.2 Å². The lowest BCUT2D eigenvalue weighted by molar-refractivity contribution is 0.118. The van der Waals surface area contributed by atoms with E-state index in [1.807, 2.05) is 12.1 Å². The number of aliphatic hydroxyl groups excluding tert-OH is 1. The molecule has 29 heavy (non-hydrogen) atoms. The molecule has 1 unspecified atom stereocenters. The number of benzene rings is 2. The molecule has 2 aromatic heterocycles. The van der Waals surface area contributed by atoms with Gasteiger partial charge in [-0.2, -0.15) is 8.42 Å². The third-order valence-electron chi connectivity index (χ3n) is 5.32. The van der Waals surface area contributed by atoms with E-state index in [0.717, 1.165) is 11.8 Å². The lowest BCUT2D eigenvalue weighted by atomic mass is 10.0. The monoisotopic (exact) mass is 432 g/mol. The van der Waals surface area contributed by atoms with Crippen LogP contribution in [0.3, 0.4) is 0 Å². The average molecular weight is 433 g/mol. The maximum absolute atomic E-state index is 11.3. The molecule has 0 aliphatic heterocycles. The van der Waals surface area contributed by atoms with Gasteiger partial charge in [-0.15, -0.1) is 11.3 Å². The summed E-state index contributed by atoms with van der Waals surface area (Å²) in [5.41, 5.74) is 2.62. The Labute approximate surface area is 173 Å². The highest BCUT2D eigenvalue weighted by Gasteiger charge is 2.26. The standard InChI is InChI=1S/C21H24N2O4S2/c1-21(12-24,13-27-29(3,25)26)22-11-14-10-17-15-6-4-5-7-18(15)23(2)19(17)16-8-9-28-20(14)16/h4-10,22,24H,11-13H2,1-3H3. The molecule has 0 saturated heterocycles. The minimum Gasteiger partial charge on any atom is -0.394 e. The molecule has 8 heteroatoms. The molecular weight excluding hydrogens is 408 g/mol. The van der Waals surface area contributed by atoms with E-state index in [9.17, 15) is 13.5 Å².